The fourth-order valence-corrected chi connectivity index (χ4v) is 1.19. The third-order valence-corrected chi connectivity index (χ3v) is 2.09. The number of aromatic nitrogens is 3. The maximum absolute atomic E-state index is 11.4. The lowest BCUT2D eigenvalue weighted by Crippen LogP contribution is -2.23. The first-order valence-corrected chi connectivity index (χ1v) is 4.76. The summed E-state index contributed by atoms with van der Waals surface area (Å²) >= 11 is 0. The summed E-state index contributed by atoms with van der Waals surface area (Å²) in [5.74, 6) is 0.417. The van der Waals surface area contributed by atoms with E-state index in [2.05, 4.69) is 10.1 Å². The first-order valence-electron chi connectivity index (χ1n) is 4.76. The second-order valence-electron chi connectivity index (χ2n) is 3.06. The molecule has 1 N–H and O–H groups in total. The highest BCUT2D eigenvalue weighted by atomic mass is 16.3. The normalized spacial score (nSPS) is 12.8. The van der Waals surface area contributed by atoms with E-state index >= 15 is 0 Å². The fraction of sp³-hybridized carbons (Fsp3) is 0.667. The van der Waals surface area contributed by atoms with Gasteiger partial charge in [-0.15, -0.1) is 0 Å². The van der Waals surface area contributed by atoms with Crippen molar-refractivity contribution in [2.75, 3.05) is 0 Å². The van der Waals surface area contributed by atoms with Crippen molar-refractivity contribution in [3.63, 3.8) is 0 Å². The molecule has 0 aliphatic carbocycles. The van der Waals surface area contributed by atoms with E-state index in [0.717, 1.165) is 0 Å². The quantitative estimate of drug-likeness (QED) is 0.731. The summed E-state index contributed by atoms with van der Waals surface area (Å²) in [5, 5.41) is 13.2. The van der Waals surface area contributed by atoms with E-state index in [0.29, 0.717) is 18.8 Å². The highest BCUT2D eigenvalue weighted by molar-refractivity contribution is 5.84. The molecule has 0 aromatic carbocycles. The Morgan fingerprint density at radius 3 is 2.93 bits per heavy atom. The zero-order chi connectivity index (χ0) is 10.6. The number of Topliss-reactive ketones (excluding diaryl/α,β-unsaturated/α-hetero) is 1. The average Bonchev–Trinajstić information content (AvgIpc) is 2.63. The molecule has 0 bridgehead atoms. The standard InChI is InChI=1S/C9H15N3O2/c1-3-7(13)8(14)5-9-10-6-11-12(9)4-2/h6-7,13H,3-5H2,1-2H3. The van der Waals surface area contributed by atoms with Gasteiger partial charge in [0.05, 0.1) is 6.42 Å². The number of aryl methyl sites for hydroxylation is 1. The van der Waals surface area contributed by atoms with E-state index in [1.807, 2.05) is 6.92 Å². The zero-order valence-corrected chi connectivity index (χ0v) is 8.47. The summed E-state index contributed by atoms with van der Waals surface area (Å²) in [5.41, 5.74) is 0. The number of hydrogen-bond donors (Lipinski definition) is 1. The van der Waals surface area contributed by atoms with Crippen LogP contribution in [-0.2, 0) is 17.8 Å². The molecule has 5 nitrogen and oxygen atoms in total. The Balaban J connectivity index is 2.64. The van der Waals surface area contributed by atoms with Crippen molar-refractivity contribution >= 4 is 5.78 Å². The third kappa shape index (κ3) is 2.38. The van der Waals surface area contributed by atoms with Gasteiger partial charge in [0, 0.05) is 6.54 Å². The van der Waals surface area contributed by atoms with Gasteiger partial charge in [-0.2, -0.15) is 5.10 Å². The van der Waals surface area contributed by atoms with Crippen LogP contribution in [0.15, 0.2) is 6.33 Å². The number of carbonyl (C=O) groups is 1. The molecular weight excluding hydrogens is 182 g/mol. The molecule has 1 heterocycles. The maximum atomic E-state index is 11.4. The van der Waals surface area contributed by atoms with E-state index < -0.39 is 6.10 Å². The molecule has 0 amide bonds. The van der Waals surface area contributed by atoms with Crippen LogP contribution in [0.2, 0.25) is 0 Å². The SMILES string of the molecule is CCC(O)C(=O)Cc1ncnn1CC. The smallest absolute Gasteiger partial charge is 0.168 e. The topological polar surface area (TPSA) is 68.0 Å². The van der Waals surface area contributed by atoms with Crippen LogP contribution in [0.25, 0.3) is 0 Å². The highest BCUT2D eigenvalue weighted by Crippen LogP contribution is 2.01. The van der Waals surface area contributed by atoms with E-state index in [1.165, 1.54) is 6.33 Å². The van der Waals surface area contributed by atoms with Gasteiger partial charge in [0.25, 0.3) is 0 Å². The number of aliphatic hydroxyl groups is 1. The van der Waals surface area contributed by atoms with Crippen molar-refractivity contribution in [1.29, 1.82) is 0 Å². The Labute approximate surface area is 82.8 Å². The van der Waals surface area contributed by atoms with Gasteiger partial charge in [0.2, 0.25) is 0 Å². The van der Waals surface area contributed by atoms with Crippen molar-refractivity contribution in [2.45, 2.75) is 39.3 Å². The van der Waals surface area contributed by atoms with Crippen molar-refractivity contribution in [3.8, 4) is 0 Å². The van der Waals surface area contributed by atoms with E-state index in [1.54, 1.807) is 11.6 Å². The molecule has 0 saturated heterocycles. The Kier molecular flexibility index (Phi) is 3.76. The lowest BCUT2D eigenvalue weighted by Gasteiger charge is -2.06. The predicted molar refractivity (Wildman–Crippen MR) is 50.7 cm³/mol. The second kappa shape index (κ2) is 4.85. The number of carbonyl (C=O) groups excluding carboxylic acids is 1. The van der Waals surface area contributed by atoms with Crippen LogP contribution in [0, 0.1) is 0 Å². The molecule has 14 heavy (non-hydrogen) atoms. The van der Waals surface area contributed by atoms with Gasteiger partial charge in [0.15, 0.2) is 5.78 Å². The minimum absolute atomic E-state index is 0.156. The second-order valence-corrected chi connectivity index (χ2v) is 3.06. The Bertz CT molecular complexity index is 309. The lowest BCUT2D eigenvalue weighted by molar-refractivity contribution is -0.126. The summed E-state index contributed by atoms with van der Waals surface area (Å²) in [6.07, 6.45) is 1.14. The fourth-order valence-electron chi connectivity index (χ4n) is 1.19. The van der Waals surface area contributed by atoms with Crippen LogP contribution in [0.5, 0.6) is 0 Å². The summed E-state index contributed by atoms with van der Waals surface area (Å²) in [4.78, 5) is 15.3. The Morgan fingerprint density at radius 1 is 1.64 bits per heavy atom. The largest absolute Gasteiger partial charge is 0.385 e. The van der Waals surface area contributed by atoms with Crippen LogP contribution in [0.1, 0.15) is 26.1 Å². The monoisotopic (exact) mass is 197 g/mol. The summed E-state index contributed by atoms with van der Waals surface area (Å²) in [6, 6.07) is 0. The molecule has 78 valence electrons. The van der Waals surface area contributed by atoms with Gasteiger partial charge in [0.1, 0.15) is 18.3 Å². The maximum Gasteiger partial charge on any atom is 0.168 e. The summed E-state index contributed by atoms with van der Waals surface area (Å²) < 4.78 is 1.65. The number of ketones is 1. The molecule has 1 atom stereocenters. The van der Waals surface area contributed by atoms with E-state index in [-0.39, 0.29) is 12.2 Å². The van der Waals surface area contributed by atoms with Gasteiger partial charge >= 0.3 is 0 Å². The molecule has 0 aliphatic heterocycles. The molecule has 1 rings (SSSR count). The van der Waals surface area contributed by atoms with Crippen LogP contribution in [0.4, 0.5) is 0 Å². The van der Waals surface area contributed by atoms with Gasteiger partial charge in [-0.3, -0.25) is 4.79 Å². The Morgan fingerprint density at radius 2 is 2.36 bits per heavy atom. The minimum atomic E-state index is -0.878. The lowest BCUT2D eigenvalue weighted by atomic mass is 10.1. The van der Waals surface area contributed by atoms with Crippen LogP contribution in [0.3, 0.4) is 0 Å². The predicted octanol–water partition coefficient (Wildman–Crippen LogP) is 0.180. The Hall–Kier alpha value is -1.23. The highest BCUT2D eigenvalue weighted by Gasteiger charge is 2.15. The average molecular weight is 197 g/mol. The molecule has 1 aromatic rings. The first-order chi connectivity index (χ1) is 6.69. The van der Waals surface area contributed by atoms with Crippen molar-refractivity contribution in [3.05, 3.63) is 12.2 Å². The van der Waals surface area contributed by atoms with Crippen molar-refractivity contribution in [1.82, 2.24) is 14.8 Å². The van der Waals surface area contributed by atoms with Crippen LogP contribution >= 0.6 is 0 Å². The summed E-state index contributed by atoms with van der Waals surface area (Å²) in [7, 11) is 0. The van der Waals surface area contributed by atoms with Gasteiger partial charge in [-0.1, -0.05) is 6.92 Å². The zero-order valence-electron chi connectivity index (χ0n) is 8.47. The van der Waals surface area contributed by atoms with Crippen LogP contribution < -0.4 is 0 Å². The molecule has 0 radical (unpaired) electrons. The molecule has 0 aliphatic rings. The third-order valence-electron chi connectivity index (χ3n) is 2.09. The molecule has 5 heteroatoms. The van der Waals surface area contributed by atoms with E-state index in [4.69, 9.17) is 0 Å². The minimum Gasteiger partial charge on any atom is -0.385 e. The van der Waals surface area contributed by atoms with Gasteiger partial charge in [-0.25, -0.2) is 9.67 Å². The molecule has 1 unspecified atom stereocenters. The van der Waals surface area contributed by atoms with E-state index in [9.17, 15) is 9.90 Å². The first kappa shape index (κ1) is 10.8. The molecule has 0 fully saturated rings. The number of hydrogen-bond acceptors (Lipinski definition) is 4. The summed E-state index contributed by atoms with van der Waals surface area (Å²) in [6.45, 7) is 4.39. The number of rotatable bonds is 5. The molecule has 0 spiro atoms. The molecular formula is C9H15N3O2. The van der Waals surface area contributed by atoms with Crippen LogP contribution in [-0.4, -0.2) is 31.8 Å². The number of aliphatic hydroxyl groups excluding tert-OH is 1. The molecule has 1 aromatic heterocycles. The number of nitrogens with zero attached hydrogens (tertiary/aromatic N) is 3. The van der Waals surface area contributed by atoms with Gasteiger partial charge < -0.3 is 5.11 Å². The van der Waals surface area contributed by atoms with Crippen molar-refractivity contribution < 1.29 is 9.90 Å². The van der Waals surface area contributed by atoms with Gasteiger partial charge in [-0.05, 0) is 13.3 Å². The molecule has 0 saturated carbocycles. The van der Waals surface area contributed by atoms with Crippen molar-refractivity contribution in [2.24, 2.45) is 0 Å².